The van der Waals surface area contributed by atoms with Crippen LogP contribution in [0.25, 0.3) is 0 Å². The first-order valence-corrected chi connectivity index (χ1v) is 6.17. The van der Waals surface area contributed by atoms with E-state index >= 15 is 0 Å². The van der Waals surface area contributed by atoms with E-state index in [9.17, 15) is 0 Å². The summed E-state index contributed by atoms with van der Waals surface area (Å²) in [5.74, 6) is 0. The Morgan fingerprint density at radius 2 is 1.94 bits per heavy atom. The van der Waals surface area contributed by atoms with Crippen molar-refractivity contribution in [2.45, 2.75) is 6.42 Å². The largest absolute Gasteiger partial charge is 0.387 e. The third-order valence-corrected chi connectivity index (χ3v) is 3.03. The van der Waals surface area contributed by atoms with Gasteiger partial charge in [-0.1, -0.05) is 30.3 Å². The van der Waals surface area contributed by atoms with Gasteiger partial charge in [0.15, 0.2) is 0 Å². The van der Waals surface area contributed by atoms with Gasteiger partial charge in [-0.2, -0.15) is 0 Å². The molecule has 0 unspecified atom stereocenters. The Kier molecular flexibility index (Phi) is 4.18. The predicted octanol–water partition coefficient (Wildman–Crippen LogP) is 2.80. The maximum atomic E-state index is 4.23. The van der Waals surface area contributed by atoms with Crippen molar-refractivity contribution in [1.29, 1.82) is 0 Å². The Bertz CT molecular complexity index is 482. The van der Waals surface area contributed by atoms with E-state index in [1.54, 1.807) is 0 Å². The summed E-state index contributed by atoms with van der Waals surface area (Å²) in [5.41, 5.74) is 3.54. The second-order valence-electron chi connectivity index (χ2n) is 4.34. The molecule has 94 valence electrons. The second kappa shape index (κ2) is 6.05. The molecule has 1 heterocycles. The molecule has 0 atom stereocenters. The van der Waals surface area contributed by atoms with Crippen LogP contribution in [0.2, 0.25) is 0 Å². The molecule has 0 radical (unpaired) electrons. The smallest absolute Gasteiger partial charge is 0.0570 e. The zero-order valence-electron chi connectivity index (χ0n) is 10.9. The van der Waals surface area contributed by atoms with E-state index in [1.165, 1.54) is 5.56 Å². The molecule has 0 amide bonds. The molecule has 0 aliphatic carbocycles. The van der Waals surface area contributed by atoms with Crippen molar-refractivity contribution in [3.8, 4) is 0 Å². The van der Waals surface area contributed by atoms with Crippen molar-refractivity contribution in [1.82, 2.24) is 4.98 Å². The average molecular weight is 241 g/mol. The van der Waals surface area contributed by atoms with Crippen molar-refractivity contribution < 1.29 is 0 Å². The first kappa shape index (κ1) is 12.4. The average Bonchev–Trinajstić information content (AvgIpc) is 2.46. The quantitative estimate of drug-likeness (QED) is 0.872. The van der Waals surface area contributed by atoms with E-state index < -0.39 is 0 Å². The number of nitrogens with zero attached hydrogens (tertiary/aromatic N) is 2. The number of hydrogen-bond acceptors (Lipinski definition) is 3. The summed E-state index contributed by atoms with van der Waals surface area (Å²) in [4.78, 5) is 6.45. The Labute approximate surface area is 108 Å². The molecule has 0 spiro atoms. The van der Waals surface area contributed by atoms with Gasteiger partial charge in [0, 0.05) is 20.6 Å². The third kappa shape index (κ3) is 3.23. The lowest BCUT2D eigenvalue weighted by Gasteiger charge is -2.19. The highest BCUT2D eigenvalue weighted by Crippen LogP contribution is 2.16. The molecule has 2 aromatic rings. The Morgan fingerprint density at radius 3 is 2.67 bits per heavy atom. The minimum atomic E-state index is 0.985. The topological polar surface area (TPSA) is 28.2 Å². The SMILES string of the molecule is CNc1cncc(N(C)CCc2ccccc2)c1. The van der Waals surface area contributed by atoms with Crippen LogP contribution < -0.4 is 10.2 Å². The minimum absolute atomic E-state index is 0.985. The normalized spacial score (nSPS) is 10.1. The molecule has 3 nitrogen and oxygen atoms in total. The van der Waals surface area contributed by atoms with E-state index in [0.29, 0.717) is 0 Å². The summed E-state index contributed by atoms with van der Waals surface area (Å²) in [7, 11) is 4.00. The molecule has 0 saturated heterocycles. The van der Waals surface area contributed by atoms with Gasteiger partial charge in [-0.15, -0.1) is 0 Å². The monoisotopic (exact) mass is 241 g/mol. The van der Waals surface area contributed by atoms with E-state index in [2.05, 4.69) is 52.6 Å². The first-order valence-electron chi connectivity index (χ1n) is 6.17. The van der Waals surface area contributed by atoms with Crippen molar-refractivity contribution in [3.05, 3.63) is 54.4 Å². The summed E-state index contributed by atoms with van der Waals surface area (Å²) in [6.07, 6.45) is 4.77. The van der Waals surface area contributed by atoms with Gasteiger partial charge in [-0.05, 0) is 18.1 Å². The number of rotatable bonds is 5. The molecule has 0 aliphatic heterocycles. The van der Waals surface area contributed by atoms with Crippen LogP contribution in [0.1, 0.15) is 5.56 Å². The number of nitrogens with one attached hydrogen (secondary N) is 1. The molecule has 3 heteroatoms. The van der Waals surface area contributed by atoms with Crippen molar-refractivity contribution >= 4 is 11.4 Å². The molecule has 0 fully saturated rings. The minimum Gasteiger partial charge on any atom is -0.387 e. The molecule has 0 aliphatic rings. The van der Waals surface area contributed by atoms with E-state index in [4.69, 9.17) is 0 Å². The van der Waals surface area contributed by atoms with E-state index in [0.717, 1.165) is 24.3 Å². The Hall–Kier alpha value is -2.03. The molecule has 1 N–H and O–H groups in total. The fourth-order valence-electron chi connectivity index (χ4n) is 1.84. The number of pyridine rings is 1. The lowest BCUT2D eigenvalue weighted by atomic mass is 10.1. The van der Waals surface area contributed by atoms with Gasteiger partial charge in [0.05, 0.1) is 23.8 Å². The zero-order chi connectivity index (χ0) is 12.8. The number of likely N-dealkylation sites (N-methyl/N-ethyl adjacent to an activating group) is 1. The maximum absolute atomic E-state index is 4.23. The van der Waals surface area contributed by atoms with Gasteiger partial charge < -0.3 is 10.2 Å². The van der Waals surface area contributed by atoms with Crippen LogP contribution in [0.15, 0.2) is 48.8 Å². The Balaban J connectivity index is 1.97. The van der Waals surface area contributed by atoms with Gasteiger partial charge in [0.1, 0.15) is 0 Å². The number of hydrogen-bond donors (Lipinski definition) is 1. The van der Waals surface area contributed by atoms with E-state index in [-0.39, 0.29) is 0 Å². The van der Waals surface area contributed by atoms with Crippen LogP contribution in [0, 0.1) is 0 Å². The van der Waals surface area contributed by atoms with E-state index in [1.807, 2.05) is 25.5 Å². The molecule has 1 aromatic carbocycles. The highest BCUT2D eigenvalue weighted by molar-refractivity contribution is 5.54. The number of anilines is 2. The first-order chi connectivity index (χ1) is 8.79. The summed E-state index contributed by atoms with van der Waals surface area (Å²) >= 11 is 0. The summed E-state index contributed by atoms with van der Waals surface area (Å²) in [5, 5.41) is 3.11. The summed E-state index contributed by atoms with van der Waals surface area (Å²) in [6, 6.07) is 12.6. The van der Waals surface area contributed by atoms with Gasteiger partial charge >= 0.3 is 0 Å². The lowest BCUT2D eigenvalue weighted by molar-refractivity contribution is 0.874. The molecular weight excluding hydrogens is 222 g/mol. The summed E-state index contributed by atoms with van der Waals surface area (Å²) in [6.45, 7) is 0.985. The molecule has 0 saturated carbocycles. The maximum Gasteiger partial charge on any atom is 0.0570 e. The van der Waals surface area contributed by atoms with Gasteiger partial charge in [0.25, 0.3) is 0 Å². The molecule has 2 rings (SSSR count). The number of benzene rings is 1. The summed E-state index contributed by atoms with van der Waals surface area (Å²) < 4.78 is 0. The van der Waals surface area contributed by atoms with Crippen molar-refractivity contribution in [2.75, 3.05) is 30.9 Å². The molecular formula is C15H19N3. The molecule has 1 aromatic heterocycles. The fraction of sp³-hybridized carbons (Fsp3) is 0.267. The lowest BCUT2D eigenvalue weighted by Crippen LogP contribution is -2.20. The van der Waals surface area contributed by atoms with Gasteiger partial charge in [-0.25, -0.2) is 0 Å². The number of aromatic nitrogens is 1. The van der Waals surface area contributed by atoms with Gasteiger partial charge in [-0.3, -0.25) is 4.98 Å². The van der Waals surface area contributed by atoms with Crippen molar-refractivity contribution in [2.24, 2.45) is 0 Å². The van der Waals surface area contributed by atoms with Crippen LogP contribution in [-0.4, -0.2) is 25.6 Å². The van der Waals surface area contributed by atoms with Crippen LogP contribution in [0.5, 0.6) is 0 Å². The molecule has 0 bridgehead atoms. The van der Waals surface area contributed by atoms with Crippen LogP contribution in [0.3, 0.4) is 0 Å². The molecule has 18 heavy (non-hydrogen) atoms. The fourth-order valence-corrected chi connectivity index (χ4v) is 1.84. The Morgan fingerprint density at radius 1 is 1.17 bits per heavy atom. The van der Waals surface area contributed by atoms with Crippen LogP contribution in [-0.2, 0) is 6.42 Å². The van der Waals surface area contributed by atoms with Crippen molar-refractivity contribution in [3.63, 3.8) is 0 Å². The highest BCUT2D eigenvalue weighted by Gasteiger charge is 2.02. The third-order valence-electron chi connectivity index (χ3n) is 3.03. The predicted molar refractivity (Wildman–Crippen MR) is 77.2 cm³/mol. The van der Waals surface area contributed by atoms with Gasteiger partial charge in [0.2, 0.25) is 0 Å². The van der Waals surface area contributed by atoms with Crippen LogP contribution >= 0.6 is 0 Å². The highest BCUT2D eigenvalue weighted by atomic mass is 15.1. The second-order valence-corrected chi connectivity index (χ2v) is 4.34. The zero-order valence-corrected chi connectivity index (χ0v) is 10.9. The van der Waals surface area contributed by atoms with Crippen LogP contribution in [0.4, 0.5) is 11.4 Å². The standard InChI is InChI=1S/C15H19N3/c1-16-14-10-15(12-17-11-14)18(2)9-8-13-6-4-3-5-7-13/h3-7,10-12,16H,8-9H2,1-2H3.